The summed E-state index contributed by atoms with van der Waals surface area (Å²) < 4.78 is 7.58. The Morgan fingerprint density at radius 3 is 2.39 bits per heavy atom. The first-order valence-corrected chi connectivity index (χ1v) is 12.3. The van der Waals surface area contributed by atoms with E-state index in [-0.39, 0.29) is 5.91 Å². The van der Waals surface area contributed by atoms with Crippen LogP contribution in [0.2, 0.25) is 0 Å². The number of nitrogens with zero attached hydrogens (tertiary/aromatic N) is 5. The first-order chi connectivity index (χ1) is 16.1. The first kappa shape index (κ1) is 23.2. The molecule has 0 N–H and O–H groups in total. The second kappa shape index (κ2) is 10.7. The molecule has 1 fully saturated rings. The Hall–Kier alpha value is -3.00. The summed E-state index contributed by atoms with van der Waals surface area (Å²) in [4.78, 5) is 17.0. The number of carbonyl (C=O) groups is 1. The van der Waals surface area contributed by atoms with Gasteiger partial charge in [0, 0.05) is 38.4 Å². The third-order valence-electron chi connectivity index (χ3n) is 5.98. The van der Waals surface area contributed by atoms with E-state index < -0.39 is 0 Å². The maximum absolute atomic E-state index is 12.8. The number of carbonyl (C=O) groups excluding carboxylic acids is 1. The molecule has 0 aliphatic carbocycles. The molecule has 2 aromatic carbocycles. The van der Waals surface area contributed by atoms with Crippen molar-refractivity contribution in [3.05, 3.63) is 59.9 Å². The molecule has 0 unspecified atom stereocenters. The lowest BCUT2D eigenvalue weighted by Crippen LogP contribution is -2.48. The van der Waals surface area contributed by atoms with Gasteiger partial charge in [0.2, 0.25) is 5.91 Å². The molecule has 1 aromatic heterocycles. The number of hydrogen-bond acceptors (Lipinski definition) is 6. The smallest absolute Gasteiger partial charge is 0.222 e. The molecule has 1 amide bonds. The van der Waals surface area contributed by atoms with Crippen LogP contribution in [-0.4, -0.2) is 64.6 Å². The Kier molecular flexibility index (Phi) is 7.54. The van der Waals surface area contributed by atoms with Gasteiger partial charge >= 0.3 is 0 Å². The van der Waals surface area contributed by atoms with Gasteiger partial charge in [-0.3, -0.25) is 9.36 Å². The van der Waals surface area contributed by atoms with Crippen molar-refractivity contribution < 1.29 is 9.53 Å². The minimum absolute atomic E-state index is 0.229. The van der Waals surface area contributed by atoms with Crippen LogP contribution in [0.1, 0.15) is 24.2 Å². The fraction of sp³-hybridized carbons (Fsp3) is 0.400. The van der Waals surface area contributed by atoms with Crippen molar-refractivity contribution in [3.63, 3.8) is 0 Å². The number of piperazine rings is 1. The minimum Gasteiger partial charge on any atom is -0.495 e. The highest BCUT2D eigenvalue weighted by Gasteiger charge is 2.22. The van der Waals surface area contributed by atoms with Crippen molar-refractivity contribution in [2.24, 2.45) is 0 Å². The third kappa shape index (κ3) is 5.33. The van der Waals surface area contributed by atoms with Gasteiger partial charge in [-0.05, 0) is 44.0 Å². The molecule has 174 valence electrons. The molecular formula is C25H31N5O2S. The van der Waals surface area contributed by atoms with Crippen LogP contribution in [0.3, 0.4) is 0 Å². The second-order valence-electron chi connectivity index (χ2n) is 8.14. The summed E-state index contributed by atoms with van der Waals surface area (Å²) in [5, 5.41) is 9.50. The molecule has 0 radical (unpaired) electrons. The molecule has 8 heteroatoms. The Morgan fingerprint density at radius 2 is 1.67 bits per heavy atom. The molecule has 4 rings (SSSR count). The van der Waals surface area contributed by atoms with Crippen molar-refractivity contribution in [2.75, 3.05) is 43.9 Å². The topological polar surface area (TPSA) is 63.5 Å². The van der Waals surface area contributed by atoms with Gasteiger partial charge in [-0.25, -0.2) is 0 Å². The zero-order valence-corrected chi connectivity index (χ0v) is 20.3. The number of anilines is 1. The number of rotatable bonds is 8. The number of hydrogen-bond donors (Lipinski definition) is 0. The second-order valence-corrected chi connectivity index (χ2v) is 9.21. The molecule has 0 spiro atoms. The summed E-state index contributed by atoms with van der Waals surface area (Å²) in [6, 6.07) is 16.3. The van der Waals surface area contributed by atoms with Gasteiger partial charge in [0.05, 0.1) is 18.5 Å². The average molecular weight is 466 g/mol. The van der Waals surface area contributed by atoms with Crippen LogP contribution in [0, 0.1) is 13.8 Å². The fourth-order valence-corrected chi connectivity index (χ4v) is 5.09. The largest absolute Gasteiger partial charge is 0.495 e. The van der Waals surface area contributed by atoms with E-state index in [1.807, 2.05) is 42.2 Å². The lowest BCUT2D eigenvalue weighted by atomic mass is 10.2. The van der Waals surface area contributed by atoms with E-state index >= 15 is 0 Å². The fourth-order valence-electron chi connectivity index (χ4n) is 4.16. The lowest BCUT2D eigenvalue weighted by Gasteiger charge is -2.36. The predicted molar refractivity (Wildman–Crippen MR) is 133 cm³/mol. The summed E-state index contributed by atoms with van der Waals surface area (Å²) in [5.74, 6) is 2.81. The molecule has 1 aliphatic heterocycles. The Morgan fingerprint density at radius 1 is 0.970 bits per heavy atom. The van der Waals surface area contributed by atoms with Crippen LogP contribution in [0.15, 0.2) is 53.7 Å². The molecule has 2 heterocycles. The molecule has 33 heavy (non-hydrogen) atoms. The van der Waals surface area contributed by atoms with Gasteiger partial charge in [-0.1, -0.05) is 42.1 Å². The zero-order valence-electron chi connectivity index (χ0n) is 19.5. The van der Waals surface area contributed by atoms with Crippen molar-refractivity contribution in [2.45, 2.75) is 31.8 Å². The zero-order chi connectivity index (χ0) is 23.2. The van der Waals surface area contributed by atoms with Crippen molar-refractivity contribution in [1.29, 1.82) is 0 Å². The highest BCUT2D eigenvalue weighted by Crippen LogP contribution is 2.29. The number of benzene rings is 2. The number of aryl methyl sites for hydroxylation is 2. The predicted octanol–water partition coefficient (Wildman–Crippen LogP) is 4.11. The molecular weight excluding hydrogens is 434 g/mol. The standard InChI is InChI=1S/C25H31N5O2S/c1-19-9-4-5-10-21(19)30-20(2)26-27-25(30)33-18-8-13-24(31)29-16-14-28(15-17-29)22-11-6-7-12-23(22)32-3/h4-7,9-12H,8,13-18H2,1-3H3. The van der Waals surface area contributed by atoms with Crippen LogP contribution in [-0.2, 0) is 4.79 Å². The van der Waals surface area contributed by atoms with Crippen molar-refractivity contribution in [3.8, 4) is 11.4 Å². The van der Waals surface area contributed by atoms with Crippen LogP contribution < -0.4 is 9.64 Å². The highest BCUT2D eigenvalue weighted by molar-refractivity contribution is 7.99. The Bertz CT molecular complexity index is 1090. The Balaban J connectivity index is 1.26. The maximum atomic E-state index is 12.8. The van der Waals surface area contributed by atoms with Crippen LogP contribution in [0.4, 0.5) is 5.69 Å². The van der Waals surface area contributed by atoms with E-state index in [1.165, 1.54) is 5.56 Å². The SMILES string of the molecule is COc1ccccc1N1CCN(C(=O)CCCSc2nnc(C)n2-c2ccccc2C)CC1. The van der Waals surface area contributed by atoms with Gasteiger partial charge in [0.25, 0.3) is 0 Å². The van der Waals surface area contributed by atoms with Crippen LogP contribution in [0.5, 0.6) is 5.75 Å². The van der Waals surface area contributed by atoms with E-state index in [4.69, 9.17) is 4.74 Å². The lowest BCUT2D eigenvalue weighted by molar-refractivity contribution is -0.131. The van der Waals surface area contributed by atoms with Gasteiger partial charge in [-0.15, -0.1) is 10.2 Å². The highest BCUT2D eigenvalue weighted by atomic mass is 32.2. The summed E-state index contributed by atoms with van der Waals surface area (Å²) in [7, 11) is 1.70. The summed E-state index contributed by atoms with van der Waals surface area (Å²) in [6.45, 7) is 7.18. The van der Waals surface area contributed by atoms with Gasteiger partial charge in [0.1, 0.15) is 11.6 Å². The van der Waals surface area contributed by atoms with Gasteiger partial charge in [-0.2, -0.15) is 0 Å². The first-order valence-electron chi connectivity index (χ1n) is 11.3. The van der Waals surface area contributed by atoms with Gasteiger partial charge in [0.15, 0.2) is 5.16 Å². The Labute approximate surface area is 199 Å². The van der Waals surface area contributed by atoms with E-state index in [9.17, 15) is 4.79 Å². The normalized spacial score (nSPS) is 13.9. The molecule has 1 saturated heterocycles. The molecule has 3 aromatic rings. The van der Waals surface area contributed by atoms with E-state index in [0.29, 0.717) is 6.42 Å². The molecule has 0 atom stereocenters. The molecule has 7 nitrogen and oxygen atoms in total. The van der Waals surface area contributed by atoms with Crippen molar-refractivity contribution >= 4 is 23.4 Å². The van der Waals surface area contributed by atoms with Crippen molar-refractivity contribution in [1.82, 2.24) is 19.7 Å². The number of thioether (sulfide) groups is 1. The van der Waals surface area contributed by atoms with Crippen LogP contribution >= 0.6 is 11.8 Å². The quantitative estimate of drug-likeness (QED) is 0.368. The number of methoxy groups -OCH3 is 1. The maximum Gasteiger partial charge on any atom is 0.222 e. The minimum atomic E-state index is 0.229. The molecule has 1 aliphatic rings. The molecule has 0 saturated carbocycles. The third-order valence-corrected chi connectivity index (χ3v) is 6.99. The summed E-state index contributed by atoms with van der Waals surface area (Å²) in [5.41, 5.74) is 3.38. The number of amides is 1. The number of ether oxygens (including phenoxy) is 1. The van der Waals surface area contributed by atoms with Crippen LogP contribution in [0.25, 0.3) is 5.69 Å². The van der Waals surface area contributed by atoms with Gasteiger partial charge < -0.3 is 14.5 Å². The van der Waals surface area contributed by atoms with E-state index in [1.54, 1.807) is 18.9 Å². The number of para-hydroxylation sites is 3. The monoisotopic (exact) mass is 465 g/mol. The average Bonchev–Trinajstić information content (AvgIpc) is 3.22. The van der Waals surface area contributed by atoms with E-state index in [0.717, 1.165) is 66.5 Å². The summed E-state index contributed by atoms with van der Waals surface area (Å²) >= 11 is 1.66. The number of aromatic nitrogens is 3. The van der Waals surface area contributed by atoms with E-state index in [2.05, 4.69) is 44.8 Å². The summed E-state index contributed by atoms with van der Waals surface area (Å²) in [6.07, 6.45) is 1.37. The molecule has 0 bridgehead atoms.